The minimum Gasteiger partial charge on any atom is -0.465 e. The van der Waals surface area contributed by atoms with Crippen molar-refractivity contribution < 1.29 is 19.2 Å². The van der Waals surface area contributed by atoms with E-state index in [-0.39, 0.29) is 30.9 Å². The van der Waals surface area contributed by atoms with E-state index in [9.17, 15) is 19.7 Å². The Kier molecular flexibility index (Phi) is 5.79. The van der Waals surface area contributed by atoms with Gasteiger partial charge in [0.05, 0.1) is 18.1 Å². The van der Waals surface area contributed by atoms with E-state index in [0.717, 1.165) is 6.07 Å². The number of carbonyl (C=O) groups is 2. The lowest BCUT2D eigenvalue weighted by atomic mass is 10.1. The molecule has 0 aliphatic carbocycles. The second-order valence-electron chi connectivity index (χ2n) is 4.44. The Bertz CT molecular complexity index is 559. The van der Waals surface area contributed by atoms with E-state index in [2.05, 4.69) is 0 Å². The van der Waals surface area contributed by atoms with E-state index in [0.29, 0.717) is 5.56 Å². The Morgan fingerprint density at radius 1 is 1.43 bits per heavy atom. The normalized spacial score (nSPS) is 10.4. The summed E-state index contributed by atoms with van der Waals surface area (Å²) < 4.78 is 4.80. The summed E-state index contributed by atoms with van der Waals surface area (Å²) in [5.41, 5.74) is 5.35. The van der Waals surface area contributed by atoms with Crippen LogP contribution in [0.15, 0.2) is 18.2 Å². The largest absolute Gasteiger partial charge is 0.465 e. The van der Waals surface area contributed by atoms with Gasteiger partial charge in [0.2, 0.25) is 5.91 Å². The third-order valence-corrected chi connectivity index (χ3v) is 2.71. The molecule has 0 unspecified atom stereocenters. The number of nitrogens with two attached hydrogens (primary N) is 1. The smallest absolute Gasteiger partial charge is 0.320 e. The predicted molar refractivity (Wildman–Crippen MR) is 74.6 cm³/mol. The van der Waals surface area contributed by atoms with Crippen molar-refractivity contribution in [1.82, 2.24) is 4.90 Å². The molecule has 0 bridgehead atoms. The lowest BCUT2D eigenvalue weighted by Crippen LogP contribution is -2.27. The van der Waals surface area contributed by atoms with Crippen LogP contribution >= 0.6 is 0 Å². The van der Waals surface area contributed by atoms with Crippen LogP contribution in [0.1, 0.15) is 22.8 Å². The van der Waals surface area contributed by atoms with Gasteiger partial charge in [0.1, 0.15) is 0 Å². The molecule has 8 heteroatoms. The van der Waals surface area contributed by atoms with E-state index in [1.54, 1.807) is 18.9 Å². The number of nitrogens with zero attached hydrogens (tertiary/aromatic N) is 2. The molecule has 0 aromatic heterocycles. The first kappa shape index (κ1) is 16.6. The molecule has 0 atom stereocenters. The first-order valence-corrected chi connectivity index (χ1v) is 6.26. The quantitative estimate of drug-likeness (QED) is 0.449. The molecule has 1 aromatic carbocycles. The maximum atomic E-state index is 11.3. The maximum Gasteiger partial charge on any atom is 0.320 e. The molecular formula is C13H17N3O5. The Labute approximate surface area is 121 Å². The molecule has 1 rings (SSSR count). The molecule has 8 nitrogen and oxygen atoms in total. The fourth-order valence-corrected chi connectivity index (χ4v) is 1.79. The molecule has 2 N–H and O–H groups in total. The van der Waals surface area contributed by atoms with Crippen molar-refractivity contribution in [3.05, 3.63) is 39.4 Å². The standard InChI is InChI=1S/C13H17N3O5/c1-3-21-12(17)8-15(2)7-10-5-4-9(13(14)18)6-11(10)16(19)20/h4-6H,3,7-8H2,1-2H3,(H2,14,18). The van der Waals surface area contributed by atoms with Gasteiger partial charge in [-0.3, -0.25) is 24.6 Å². The number of ether oxygens (including phenoxy) is 1. The Balaban J connectivity index is 2.89. The van der Waals surface area contributed by atoms with Gasteiger partial charge in [0.25, 0.3) is 5.69 Å². The monoisotopic (exact) mass is 295 g/mol. The van der Waals surface area contributed by atoms with E-state index in [1.165, 1.54) is 12.1 Å². The third kappa shape index (κ3) is 4.84. The first-order chi connectivity index (χ1) is 9.85. The number of hydrogen-bond acceptors (Lipinski definition) is 6. The minimum absolute atomic E-state index is 0.0164. The molecular weight excluding hydrogens is 278 g/mol. The van der Waals surface area contributed by atoms with Gasteiger partial charge < -0.3 is 10.5 Å². The number of nitro groups is 1. The summed E-state index contributed by atoms with van der Waals surface area (Å²) >= 11 is 0. The lowest BCUT2D eigenvalue weighted by Gasteiger charge is -2.15. The highest BCUT2D eigenvalue weighted by Crippen LogP contribution is 2.21. The predicted octanol–water partition coefficient (Wildman–Crippen LogP) is 0.689. The van der Waals surface area contributed by atoms with Crippen molar-refractivity contribution in [1.29, 1.82) is 0 Å². The van der Waals surface area contributed by atoms with Gasteiger partial charge >= 0.3 is 5.97 Å². The molecule has 0 saturated carbocycles. The number of amides is 1. The van der Waals surface area contributed by atoms with Gasteiger partial charge in [0, 0.05) is 23.7 Å². The molecule has 0 heterocycles. The number of primary amides is 1. The van der Waals surface area contributed by atoms with Gasteiger partial charge in [-0.2, -0.15) is 0 Å². The van der Waals surface area contributed by atoms with E-state index in [1.807, 2.05) is 0 Å². The Hall–Kier alpha value is -2.48. The van der Waals surface area contributed by atoms with Gasteiger partial charge in [-0.1, -0.05) is 6.07 Å². The maximum absolute atomic E-state index is 11.3. The summed E-state index contributed by atoms with van der Waals surface area (Å²) in [6, 6.07) is 4.01. The summed E-state index contributed by atoms with van der Waals surface area (Å²) in [5.74, 6) is -1.14. The highest BCUT2D eigenvalue weighted by molar-refractivity contribution is 5.93. The van der Waals surface area contributed by atoms with Gasteiger partial charge in [-0.15, -0.1) is 0 Å². The van der Waals surface area contributed by atoms with Crippen LogP contribution in [0.5, 0.6) is 0 Å². The van der Waals surface area contributed by atoms with E-state index >= 15 is 0 Å². The molecule has 0 radical (unpaired) electrons. The second-order valence-corrected chi connectivity index (χ2v) is 4.44. The first-order valence-electron chi connectivity index (χ1n) is 6.26. The van der Waals surface area contributed by atoms with Crippen molar-refractivity contribution in [2.45, 2.75) is 13.5 Å². The van der Waals surface area contributed by atoms with Gasteiger partial charge in [0.15, 0.2) is 0 Å². The topological polar surface area (TPSA) is 116 Å². The van der Waals surface area contributed by atoms with Crippen LogP contribution in [0, 0.1) is 10.1 Å². The van der Waals surface area contributed by atoms with Crippen LogP contribution in [0.3, 0.4) is 0 Å². The summed E-state index contributed by atoms with van der Waals surface area (Å²) in [7, 11) is 1.64. The molecule has 0 fully saturated rings. The van der Waals surface area contributed by atoms with Crippen molar-refractivity contribution in [3.63, 3.8) is 0 Å². The molecule has 21 heavy (non-hydrogen) atoms. The fourth-order valence-electron chi connectivity index (χ4n) is 1.79. The number of hydrogen-bond donors (Lipinski definition) is 1. The van der Waals surface area contributed by atoms with Crippen LogP contribution in [0.25, 0.3) is 0 Å². The Morgan fingerprint density at radius 3 is 2.62 bits per heavy atom. The SMILES string of the molecule is CCOC(=O)CN(C)Cc1ccc(C(N)=O)cc1[N+](=O)[O-]. The average Bonchev–Trinajstić information content (AvgIpc) is 2.38. The van der Waals surface area contributed by atoms with Crippen LogP contribution in [-0.2, 0) is 16.1 Å². The van der Waals surface area contributed by atoms with Crippen molar-refractivity contribution in [2.75, 3.05) is 20.2 Å². The lowest BCUT2D eigenvalue weighted by molar-refractivity contribution is -0.385. The molecule has 0 aliphatic heterocycles. The highest BCUT2D eigenvalue weighted by atomic mass is 16.6. The summed E-state index contributed by atoms with van der Waals surface area (Å²) in [6.07, 6.45) is 0. The van der Waals surface area contributed by atoms with Crippen molar-refractivity contribution in [3.8, 4) is 0 Å². The van der Waals surface area contributed by atoms with E-state index < -0.39 is 16.8 Å². The second kappa shape index (κ2) is 7.34. The highest BCUT2D eigenvalue weighted by Gasteiger charge is 2.18. The zero-order chi connectivity index (χ0) is 16.0. The number of likely N-dealkylation sites (N-methyl/N-ethyl adjacent to an activating group) is 1. The number of benzene rings is 1. The van der Waals surface area contributed by atoms with Crippen LogP contribution in [0.2, 0.25) is 0 Å². The summed E-state index contributed by atoms with van der Waals surface area (Å²) in [5, 5.41) is 11.0. The molecule has 1 aromatic rings. The summed E-state index contributed by atoms with van der Waals surface area (Å²) in [6.45, 7) is 2.17. The molecule has 114 valence electrons. The van der Waals surface area contributed by atoms with Crippen molar-refractivity contribution >= 4 is 17.6 Å². The number of nitro benzene ring substituents is 1. The average molecular weight is 295 g/mol. The zero-order valence-corrected chi connectivity index (χ0v) is 11.9. The number of esters is 1. The Morgan fingerprint density at radius 2 is 2.10 bits per heavy atom. The molecule has 0 saturated heterocycles. The summed E-state index contributed by atoms with van der Waals surface area (Å²) in [4.78, 5) is 34.5. The molecule has 0 spiro atoms. The third-order valence-electron chi connectivity index (χ3n) is 2.71. The minimum atomic E-state index is -0.732. The molecule has 0 aliphatic rings. The van der Waals surface area contributed by atoms with Gasteiger partial charge in [-0.25, -0.2) is 0 Å². The zero-order valence-electron chi connectivity index (χ0n) is 11.9. The van der Waals surface area contributed by atoms with Crippen molar-refractivity contribution in [2.24, 2.45) is 5.73 Å². The number of carbonyl (C=O) groups excluding carboxylic acids is 2. The van der Waals surface area contributed by atoms with Crippen LogP contribution < -0.4 is 5.73 Å². The van der Waals surface area contributed by atoms with Crippen LogP contribution in [0.4, 0.5) is 5.69 Å². The fraction of sp³-hybridized carbons (Fsp3) is 0.385. The van der Waals surface area contributed by atoms with Gasteiger partial charge in [-0.05, 0) is 20.0 Å². The molecule has 1 amide bonds. The van der Waals surface area contributed by atoms with Crippen LogP contribution in [-0.4, -0.2) is 41.9 Å². The number of rotatable bonds is 7. The van der Waals surface area contributed by atoms with E-state index in [4.69, 9.17) is 10.5 Å².